The van der Waals surface area contributed by atoms with E-state index in [1.807, 2.05) is 0 Å². The third-order valence-corrected chi connectivity index (χ3v) is 4.89. The molecule has 0 saturated carbocycles. The SMILES string of the molecule is NC1CCN(C(=O)C2CCS(=O)(=O)C2)C1. The van der Waals surface area contributed by atoms with Gasteiger partial charge in [0.1, 0.15) is 0 Å². The molecule has 5 nitrogen and oxygen atoms in total. The third kappa shape index (κ3) is 2.31. The molecular weight excluding hydrogens is 216 g/mol. The first-order chi connectivity index (χ1) is 6.98. The Kier molecular flexibility index (Phi) is 2.72. The normalized spacial score (nSPS) is 34.6. The molecule has 2 fully saturated rings. The summed E-state index contributed by atoms with van der Waals surface area (Å²) in [6.07, 6.45) is 1.30. The Hall–Kier alpha value is -0.620. The number of rotatable bonds is 1. The molecule has 2 N–H and O–H groups in total. The first kappa shape index (κ1) is 10.9. The Balaban J connectivity index is 1.98. The van der Waals surface area contributed by atoms with Crippen LogP contribution in [0.25, 0.3) is 0 Å². The van der Waals surface area contributed by atoms with Crippen LogP contribution in [0.15, 0.2) is 0 Å². The summed E-state index contributed by atoms with van der Waals surface area (Å²) in [7, 11) is -2.96. The van der Waals surface area contributed by atoms with Gasteiger partial charge in [-0.05, 0) is 12.8 Å². The number of carbonyl (C=O) groups excluding carboxylic acids is 1. The van der Waals surface area contributed by atoms with Crippen molar-refractivity contribution in [1.82, 2.24) is 4.90 Å². The van der Waals surface area contributed by atoms with E-state index >= 15 is 0 Å². The average molecular weight is 232 g/mol. The number of carbonyl (C=O) groups is 1. The summed E-state index contributed by atoms with van der Waals surface area (Å²) in [5, 5.41) is 0. The maximum absolute atomic E-state index is 11.9. The van der Waals surface area contributed by atoms with Gasteiger partial charge in [-0.2, -0.15) is 0 Å². The minimum Gasteiger partial charge on any atom is -0.341 e. The number of nitrogens with zero attached hydrogens (tertiary/aromatic N) is 1. The predicted molar refractivity (Wildman–Crippen MR) is 55.9 cm³/mol. The standard InChI is InChI=1S/C9H16N2O3S/c10-8-1-3-11(5-8)9(12)7-2-4-15(13,14)6-7/h7-8H,1-6,10H2. The molecule has 2 rings (SSSR count). The van der Waals surface area contributed by atoms with Gasteiger partial charge in [-0.15, -0.1) is 0 Å². The van der Waals surface area contributed by atoms with Gasteiger partial charge < -0.3 is 10.6 Å². The second-order valence-corrected chi connectivity index (χ2v) is 6.66. The van der Waals surface area contributed by atoms with Crippen molar-refractivity contribution in [3.63, 3.8) is 0 Å². The minimum absolute atomic E-state index is 0.0241. The van der Waals surface area contributed by atoms with Gasteiger partial charge in [0.15, 0.2) is 9.84 Å². The second-order valence-electron chi connectivity index (χ2n) is 4.43. The molecule has 0 aromatic heterocycles. The van der Waals surface area contributed by atoms with Gasteiger partial charge in [-0.1, -0.05) is 0 Å². The van der Waals surface area contributed by atoms with Crippen molar-refractivity contribution >= 4 is 15.7 Å². The second kappa shape index (κ2) is 3.75. The fraction of sp³-hybridized carbons (Fsp3) is 0.889. The fourth-order valence-corrected chi connectivity index (χ4v) is 3.97. The first-order valence-corrected chi connectivity index (χ1v) is 7.05. The summed E-state index contributed by atoms with van der Waals surface area (Å²) >= 11 is 0. The van der Waals surface area contributed by atoms with Gasteiger partial charge in [0.25, 0.3) is 0 Å². The third-order valence-electron chi connectivity index (χ3n) is 3.12. The van der Waals surface area contributed by atoms with Crippen LogP contribution in [-0.4, -0.2) is 49.9 Å². The average Bonchev–Trinajstić information content (AvgIpc) is 2.71. The van der Waals surface area contributed by atoms with E-state index in [0.717, 1.165) is 6.42 Å². The highest BCUT2D eigenvalue weighted by Gasteiger charge is 2.36. The zero-order valence-electron chi connectivity index (χ0n) is 8.55. The molecule has 1 amide bonds. The molecule has 0 bridgehead atoms. The lowest BCUT2D eigenvalue weighted by atomic mass is 10.1. The highest BCUT2D eigenvalue weighted by atomic mass is 32.2. The highest BCUT2D eigenvalue weighted by Crippen LogP contribution is 2.22. The van der Waals surface area contributed by atoms with Gasteiger partial charge in [0.2, 0.25) is 5.91 Å². The quantitative estimate of drug-likeness (QED) is 0.627. The van der Waals surface area contributed by atoms with Crippen LogP contribution in [0.1, 0.15) is 12.8 Å². The zero-order chi connectivity index (χ0) is 11.1. The van der Waals surface area contributed by atoms with Crippen LogP contribution in [0.2, 0.25) is 0 Å². The number of hydrogen-bond donors (Lipinski definition) is 1. The summed E-state index contributed by atoms with van der Waals surface area (Å²) in [5.41, 5.74) is 5.70. The fourth-order valence-electron chi connectivity index (χ4n) is 2.24. The summed E-state index contributed by atoms with van der Waals surface area (Å²) in [4.78, 5) is 13.6. The van der Waals surface area contributed by atoms with E-state index in [4.69, 9.17) is 5.73 Å². The highest BCUT2D eigenvalue weighted by molar-refractivity contribution is 7.91. The van der Waals surface area contributed by atoms with Crippen LogP contribution >= 0.6 is 0 Å². The Morgan fingerprint density at radius 1 is 1.33 bits per heavy atom. The number of nitrogens with two attached hydrogens (primary N) is 1. The summed E-state index contributed by atoms with van der Waals surface area (Å²) < 4.78 is 22.5. The van der Waals surface area contributed by atoms with E-state index in [0.29, 0.717) is 19.5 Å². The Labute approximate surface area is 89.5 Å². The Morgan fingerprint density at radius 3 is 2.53 bits per heavy atom. The van der Waals surface area contributed by atoms with Gasteiger partial charge in [0, 0.05) is 19.1 Å². The van der Waals surface area contributed by atoms with Crippen molar-refractivity contribution in [1.29, 1.82) is 0 Å². The van der Waals surface area contributed by atoms with E-state index in [1.165, 1.54) is 0 Å². The maximum Gasteiger partial charge on any atom is 0.226 e. The van der Waals surface area contributed by atoms with Crippen LogP contribution < -0.4 is 5.73 Å². The van der Waals surface area contributed by atoms with Crippen LogP contribution in [0.5, 0.6) is 0 Å². The van der Waals surface area contributed by atoms with Crippen molar-refractivity contribution < 1.29 is 13.2 Å². The van der Waals surface area contributed by atoms with Crippen LogP contribution in [-0.2, 0) is 14.6 Å². The molecule has 0 spiro atoms. The molecule has 2 saturated heterocycles. The van der Waals surface area contributed by atoms with Gasteiger partial charge in [0.05, 0.1) is 17.4 Å². The Bertz CT molecular complexity index is 366. The molecule has 2 aliphatic rings. The van der Waals surface area contributed by atoms with E-state index < -0.39 is 9.84 Å². The molecule has 0 aliphatic carbocycles. The first-order valence-electron chi connectivity index (χ1n) is 5.23. The number of likely N-dealkylation sites (tertiary alicyclic amines) is 1. The lowest BCUT2D eigenvalue weighted by Gasteiger charge is -2.19. The van der Waals surface area contributed by atoms with Crippen LogP contribution in [0.3, 0.4) is 0 Å². The molecule has 2 atom stereocenters. The van der Waals surface area contributed by atoms with Gasteiger partial charge in [-0.3, -0.25) is 4.79 Å². The lowest BCUT2D eigenvalue weighted by Crippen LogP contribution is -2.36. The molecule has 2 heterocycles. The molecule has 0 aromatic carbocycles. The van der Waals surface area contributed by atoms with E-state index in [2.05, 4.69) is 0 Å². The lowest BCUT2D eigenvalue weighted by molar-refractivity contribution is -0.133. The van der Waals surface area contributed by atoms with Crippen molar-refractivity contribution in [2.24, 2.45) is 11.7 Å². The number of hydrogen-bond acceptors (Lipinski definition) is 4. The largest absolute Gasteiger partial charge is 0.341 e. The molecule has 86 valence electrons. The van der Waals surface area contributed by atoms with E-state index in [-0.39, 0.29) is 29.4 Å². The summed E-state index contributed by atoms with van der Waals surface area (Å²) in [6.45, 7) is 1.26. The summed E-state index contributed by atoms with van der Waals surface area (Å²) in [6, 6.07) is 0.0620. The minimum atomic E-state index is -2.96. The van der Waals surface area contributed by atoms with E-state index in [9.17, 15) is 13.2 Å². The number of amides is 1. The van der Waals surface area contributed by atoms with Crippen LogP contribution in [0, 0.1) is 5.92 Å². The molecule has 0 radical (unpaired) electrons. The monoisotopic (exact) mass is 232 g/mol. The zero-order valence-corrected chi connectivity index (χ0v) is 9.37. The smallest absolute Gasteiger partial charge is 0.226 e. The topological polar surface area (TPSA) is 80.5 Å². The molecule has 2 aliphatic heterocycles. The van der Waals surface area contributed by atoms with Crippen molar-refractivity contribution in [2.45, 2.75) is 18.9 Å². The maximum atomic E-state index is 11.9. The molecule has 2 unspecified atom stereocenters. The van der Waals surface area contributed by atoms with Crippen molar-refractivity contribution in [3.05, 3.63) is 0 Å². The van der Waals surface area contributed by atoms with Gasteiger partial charge >= 0.3 is 0 Å². The predicted octanol–water partition coefficient (Wildman–Crippen LogP) is -1.02. The Morgan fingerprint density at radius 2 is 2.07 bits per heavy atom. The van der Waals surface area contributed by atoms with Crippen molar-refractivity contribution in [3.8, 4) is 0 Å². The van der Waals surface area contributed by atoms with Crippen molar-refractivity contribution in [2.75, 3.05) is 24.6 Å². The molecule has 6 heteroatoms. The van der Waals surface area contributed by atoms with E-state index in [1.54, 1.807) is 4.90 Å². The molecule has 15 heavy (non-hydrogen) atoms. The summed E-state index contributed by atoms with van der Waals surface area (Å²) in [5.74, 6) is -0.162. The van der Waals surface area contributed by atoms with Gasteiger partial charge in [-0.25, -0.2) is 8.42 Å². The number of sulfone groups is 1. The molecule has 0 aromatic rings. The molecular formula is C9H16N2O3S. The van der Waals surface area contributed by atoms with Crippen LogP contribution in [0.4, 0.5) is 0 Å².